The molecule has 0 amide bonds. The minimum atomic E-state index is -0.0853. The molecular formula is C14H24N4. The number of nitriles is 1. The number of nitrogens with zero attached hydrogens (tertiary/aromatic N) is 4. The van der Waals surface area contributed by atoms with Crippen molar-refractivity contribution in [3.05, 3.63) is 11.4 Å². The molecule has 0 bridgehead atoms. The Morgan fingerprint density at radius 3 is 2.39 bits per heavy atom. The lowest BCUT2D eigenvalue weighted by Gasteiger charge is -2.19. The standard InChI is InChI=1S/C14H24N4/c1-5-6-7-8-9-10-18-13(14(2,3)4)12(11-15)16-17-18/h5-10H2,1-4H3. The molecule has 18 heavy (non-hydrogen) atoms. The second kappa shape index (κ2) is 6.53. The average Bonchev–Trinajstić information content (AvgIpc) is 2.71. The van der Waals surface area contributed by atoms with Gasteiger partial charge in [-0.1, -0.05) is 58.6 Å². The first-order chi connectivity index (χ1) is 8.50. The van der Waals surface area contributed by atoms with Crippen LogP contribution in [0, 0.1) is 11.3 Å². The molecule has 0 atom stereocenters. The maximum atomic E-state index is 9.07. The van der Waals surface area contributed by atoms with Gasteiger partial charge in [-0.3, -0.25) is 0 Å². The average molecular weight is 248 g/mol. The Labute approximate surface area is 110 Å². The maximum Gasteiger partial charge on any atom is 0.186 e. The first kappa shape index (κ1) is 14.7. The zero-order valence-corrected chi connectivity index (χ0v) is 12.0. The minimum absolute atomic E-state index is 0.0853. The van der Waals surface area contributed by atoms with E-state index in [4.69, 9.17) is 5.26 Å². The van der Waals surface area contributed by atoms with Crippen molar-refractivity contribution in [2.45, 2.75) is 71.8 Å². The normalized spacial score (nSPS) is 11.5. The number of unbranched alkanes of at least 4 members (excludes halogenated alkanes) is 4. The highest BCUT2D eigenvalue weighted by Gasteiger charge is 2.24. The van der Waals surface area contributed by atoms with Crippen LogP contribution in [0.25, 0.3) is 0 Å². The molecule has 0 saturated carbocycles. The largest absolute Gasteiger partial charge is 0.247 e. The van der Waals surface area contributed by atoms with Gasteiger partial charge in [0.05, 0.1) is 5.69 Å². The molecule has 4 heteroatoms. The molecule has 0 aromatic carbocycles. The van der Waals surface area contributed by atoms with Crippen LogP contribution >= 0.6 is 0 Å². The molecule has 0 aliphatic heterocycles. The van der Waals surface area contributed by atoms with Gasteiger partial charge in [0, 0.05) is 12.0 Å². The van der Waals surface area contributed by atoms with Gasteiger partial charge in [0.2, 0.25) is 0 Å². The fourth-order valence-electron chi connectivity index (χ4n) is 2.15. The molecule has 0 spiro atoms. The van der Waals surface area contributed by atoms with Crippen LogP contribution in [0.3, 0.4) is 0 Å². The van der Waals surface area contributed by atoms with Gasteiger partial charge >= 0.3 is 0 Å². The van der Waals surface area contributed by atoms with Gasteiger partial charge < -0.3 is 0 Å². The summed E-state index contributed by atoms with van der Waals surface area (Å²) in [6.07, 6.45) is 6.17. The van der Waals surface area contributed by atoms with Crippen molar-refractivity contribution in [2.24, 2.45) is 0 Å². The lowest BCUT2D eigenvalue weighted by molar-refractivity contribution is 0.456. The van der Waals surface area contributed by atoms with Crippen LogP contribution in [0.1, 0.15) is 71.2 Å². The highest BCUT2D eigenvalue weighted by molar-refractivity contribution is 5.29. The van der Waals surface area contributed by atoms with Gasteiger partial charge in [0.1, 0.15) is 6.07 Å². The molecule has 0 aliphatic rings. The summed E-state index contributed by atoms with van der Waals surface area (Å²) in [5.41, 5.74) is 1.34. The molecule has 0 saturated heterocycles. The SMILES string of the molecule is CCCCCCCn1nnc(C#N)c1C(C)(C)C. The summed E-state index contributed by atoms with van der Waals surface area (Å²) >= 11 is 0. The number of hydrogen-bond acceptors (Lipinski definition) is 3. The second-order valence-electron chi connectivity index (χ2n) is 5.79. The summed E-state index contributed by atoms with van der Waals surface area (Å²) in [6, 6.07) is 2.14. The third-order valence-corrected chi connectivity index (χ3v) is 3.02. The fourth-order valence-corrected chi connectivity index (χ4v) is 2.15. The van der Waals surface area contributed by atoms with Crippen LogP contribution in [0.5, 0.6) is 0 Å². The van der Waals surface area contributed by atoms with Crippen molar-refractivity contribution < 1.29 is 0 Å². The highest BCUT2D eigenvalue weighted by Crippen LogP contribution is 2.24. The highest BCUT2D eigenvalue weighted by atomic mass is 15.4. The van der Waals surface area contributed by atoms with E-state index in [1.54, 1.807) is 0 Å². The van der Waals surface area contributed by atoms with E-state index in [-0.39, 0.29) is 5.41 Å². The van der Waals surface area contributed by atoms with Crippen LogP contribution in [-0.4, -0.2) is 15.0 Å². The Morgan fingerprint density at radius 2 is 1.83 bits per heavy atom. The number of hydrogen-bond donors (Lipinski definition) is 0. The molecule has 1 aromatic rings. The molecule has 100 valence electrons. The summed E-state index contributed by atoms with van der Waals surface area (Å²) in [6.45, 7) is 9.37. The van der Waals surface area contributed by atoms with Gasteiger partial charge in [0.15, 0.2) is 5.69 Å². The number of aryl methyl sites for hydroxylation is 1. The third-order valence-electron chi connectivity index (χ3n) is 3.02. The number of rotatable bonds is 6. The topological polar surface area (TPSA) is 54.5 Å². The van der Waals surface area contributed by atoms with Crippen LogP contribution in [0.4, 0.5) is 0 Å². The van der Waals surface area contributed by atoms with Crippen molar-refractivity contribution in [2.75, 3.05) is 0 Å². The van der Waals surface area contributed by atoms with E-state index in [2.05, 4.69) is 44.1 Å². The van der Waals surface area contributed by atoms with E-state index >= 15 is 0 Å². The van der Waals surface area contributed by atoms with Gasteiger partial charge in [-0.2, -0.15) is 5.26 Å². The van der Waals surface area contributed by atoms with Crippen molar-refractivity contribution >= 4 is 0 Å². The number of aromatic nitrogens is 3. The van der Waals surface area contributed by atoms with E-state index in [1.807, 2.05) is 4.68 Å². The summed E-state index contributed by atoms with van der Waals surface area (Å²) in [5.74, 6) is 0. The zero-order valence-electron chi connectivity index (χ0n) is 12.0. The van der Waals surface area contributed by atoms with Crippen molar-refractivity contribution in [1.29, 1.82) is 5.26 Å². The Balaban J connectivity index is 2.66. The van der Waals surface area contributed by atoms with Crippen molar-refractivity contribution in [3.8, 4) is 6.07 Å². The molecule has 0 fully saturated rings. The van der Waals surface area contributed by atoms with Gasteiger partial charge in [-0.25, -0.2) is 4.68 Å². The zero-order chi connectivity index (χ0) is 13.6. The second-order valence-corrected chi connectivity index (χ2v) is 5.79. The first-order valence-electron chi connectivity index (χ1n) is 6.84. The molecule has 1 heterocycles. The van der Waals surface area contributed by atoms with Crippen molar-refractivity contribution in [3.63, 3.8) is 0 Å². The van der Waals surface area contributed by atoms with E-state index < -0.39 is 0 Å². The predicted molar refractivity (Wildman–Crippen MR) is 72.2 cm³/mol. The van der Waals surface area contributed by atoms with E-state index in [9.17, 15) is 0 Å². The monoisotopic (exact) mass is 248 g/mol. The summed E-state index contributed by atoms with van der Waals surface area (Å²) in [4.78, 5) is 0. The Morgan fingerprint density at radius 1 is 1.17 bits per heavy atom. The van der Waals surface area contributed by atoms with Crippen LogP contribution < -0.4 is 0 Å². The summed E-state index contributed by atoms with van der Waals surface area (Å²) < 4.78 is 1.91. The fraction of sp³-hybridized carbons (Fsp3) is 0.786. The van der Waals surface area contributed by atoms with E-state index in [1.165, 1.54) is 25.7 Å². The Bertz CT molecular complexity index is 406. The van der Waals surface area contributed by atoms with E-state index in [0.29, 0.717) is 5.69 Å². The quantitative estimate of drug-likeness (QED) is 0.725. The smallest absolute Gasteiger partial charge is 0.186 e. The third kappa shape index (κ3) is 3.83. The summed E-state index contributed by atoms with van der Waals surface area (Å²) in [7, 11) is 0. The van der Waals surface area contributed by atoms with Gasteiger partial charge in [0.25, 0.3) is 0 Å². The maximum absolute atomic E-state index is 9.07. The Kier molecular flexibility index (Phi) is 5.33. The molecular weight excluding hydrogens is 224 g/mol. The molecule has 0 aliphatic carbocycles. The van der Waals surface area contributed by atoms with E-state index in [0.717, 1.165) is 18.7 Å². The molecule has 4 nitrogen and oxygen atoms in total. The van der Waals surface area contributed by atoms with Gasteiger partial charge in [-0.05, 0) is 6.42 Å². The molecule has 1 rings (SSSR count). The molecule has 0 N–H and O–H groups in total. The van der Waals surface area contributed by atoms with Crippen LogP contribution in [0.15, 0.2) is 0 Å². The molecule has 1 aromatic heterocycles. The first-order valence-corrected chi connectivity index (χ1v) is 6.84. The summed E-state index contributed by atoms with van der Waals surface area (Å²) in [5, 5.41) is 17.2. The lowest BCUT2D eigenvalue weighted by Crippen LogP contribution is -2.20. The minimum Gasteiger partial charge on any atom is -0.247 e. The predicted octanol–water partition coefficient (Wildman–Crippen LogP) is 3.42. The Hall–Kier alpha value is -1.37. The molecule has 0 unspecified atom stereocenters. The lowest BCUT2D eigenvalue weighted by atomic mass is 9.90. The van der Waals surface area contributed by atoms with Crippen molar-refractivity contribution in [1.82, 2.24) is 15.0 Å². The van der Waals surface area contributed by atoms with Crippen LogP contribution in [-0.2, 0) is 12.0 Å². The van der Waals surface area contributed by atoms with Gasteiger partial charge in [-0.15, -0.1) is 5.10 Å². The van der Waals surface area contributed by atoms with Crippen LogP contribution in [0.2, 0.25) is 0 Å². The molecule has 0 radical (unpaired) electrons.